The number of nitrogens with zero attached hydrogens (tertiary/aromatic N) is 1. The molecule has 3 heteroatoms. The number of hydrogen-bond donors (Lipinski definition) is 1. The van der Waals surface area contributed by atoms with Crippen molar-refractivity contribution < 1.29 is 4.79 Å². The van der Waals surface area contributed by atoms with Crippen LogP contribution in [0.1, 0.15) is 126 Å². The van der Waals surface area contributed by atoms with E-state index >= 15 is 0 Å². The highest BCUT2D eigenvalue weighted by Crippen LogP contribution is 2.18. The fraction of sp³-hybridized carbons (Fsp3) is 0.618. The van der Waals surface area contributed by atoms with Crippen LogP contribution in [-0.4, -0.2) is 17.5 Å². The number of aryl methyl sites for hydroxylation is 2. The smallest absolute Gasteiger partial charge is 0.320 e. The molecule has 0 aliphatic carbocycles. The van der Waals surface area contributed by atoms with E-state index in [1.165, 1.54) is 107 Å². The van der Waals surface area contributed by atoms with Crippen LogP contribution in [0.5, 0.6) is 0 Å². The molecule has 0 saturated heterocycles. The van der Waals surface area contributed by atoms with Crippen LogP contribution in [0.3, 0.4) is 0 Å². The Balaban J connectivity index is 1.60. The predicted molar refractivity (Wildman–Crippen MR) is 161 cm³/mol. The monoisotopic (exact) mass is 506 g/mol. The normalized spacial score (nSPS) is 11.0. The first kappa shape index (κ1) is 30.9. The Morgan fingerprint density at radius 2 is 1.19 bits per heavy atom. The SMILES string of the molecule is CCCCCCCCCCCCCCCCCCN(Cc1ccccc1)C(=O)Nc1ccc(C)cc1C. The third kappa shape index (κ3) is 14.3. The maximum Gasteiger partial charge on any atom is 0.322 e. The fourth-order valence-electron chi connectivity index (χ4n) is 5.06. The van der Waals surface area contributed by atoms with E-state index in [0.29, 0.717) is 6.54 Å². The third-order valence-electron chi connectivity index (χ3n) is 7.41. The molecule has 0 aliphatic heterocycles. The molecular weight excluding hydrogens is 452 g/mol. The average Bonchev–Trinajstić information content (AvgIpc) is 2.90. The summed E-state index contributed by atoms with van der Waals surface area (Å²) in [6, 6.07) is 16.5. The van der Waals surface area contributed by atoms with Crippen molar-refractivity contribution in [3.8, 4) is 0 Å². The molecular formula is C34H54N2O. The Labute approximate surface area is 228 Å². The van der Waals surface area contributed by atoms with Crippen molar-refractivity contribution in [1.29, 1.82) is 0 Å². The van der Waals surface area contributed by atoms with E-state index in [9.17, 15) is 4.79 Å². The van der Waals surface area contributed by atoms with E-state index in [-0.39, 0.29) is 6.03 Å². The lowest BCUT2D eigenvalue weighted by Gasteiger charge is -2.24. The minimum Gasteiger partial charge on any atom is -0.320 e. The Morgan fingerprint density at radius 3 is 1.70 bits per heavy atom. The van der Waals surface area contributed by atoms with Crippen molar-refractivity contribution in [2.75, 3.05) is 11.9 Å². The first-order valence-electron chi connectivity index (χ1n) is 15.3. The second kappa shape index (κ2) is 19.8. The number of rotatable bonds is 20. The molecule has 0 heterocycles. The third-order valence-corrected chi connectivity index (χ3v) is 7.41. The zero-order valence-electron chi connectivity index (χ0n) is 24.2. The second-order valence-electron chi connectivity index (χ2n) is 11.0. The van der Waals surface area contributed by atoms with Gasteiger partial charge in [0.25, 0.3) is 0 Å². The van der Waals surface area contributed by atoms with Crippen molar-refractivity contribution in [2.24, 2.45) is 0 Å². The summed E-state index contributed by atoms with van der Waals surface area (Å²) in [5.41, 5.74) is 4.40. The number of benzene rings is 2. The summed E-state index contributed by atoms with van der Waals surface area (Å²) in [4.78, 5) is 15.1. The highest BCUT2D eigenvalue weighted by Gasteiger charge is 2.15. The van der Waals surface area contributed by atoms with E-state index in [1.54, 1.807) is 0 Å². The summed E-state index contributed by atoms with van der Waals surface area (Å²) < 4.78 is 0. The van der Waals surface area contributed by atoms with Gasteiger partial charge in [0.05, 0.1) is 0 Å². The van der Waals surface area contributed by atoms with Gasteiger partial charge in [0.1, 0.15) is 0 Å². The van der Waals surface area contributed by atoms with Gasteiger partial charge in [-0.3, -0.25) is 0 Å². The van der Waals surface area contributed by atoms with Crippen LogP contribution in [0.2, 0.25) is 0 Å². The molecule has 37 heavy (non-hydrogen) atoms. The molecule has 1 N–H and O–H groups in total. The van der Waals surface area contributed by atoms with Crippen molar-refractivity contribution in [3.63, 3.8) is 0 Å². The van der Waals surface area contributed by atoms with Crippen LogP contribution in [-0.2, 0) is 6.54 Å². The van der Waals surface area contributed by atoms with Crippen molar-refractivity contribution in [1.82, 2.24) is 4.90 Å². The van der Waals surface area contributed by atoms with Crippen molar-refractivity contribution in [3.05, 3.63) is 65.2 Å². The second-order valence-corrected chi connectivity index (χ2v) is 11.0. The van der Waals surface area contributed by atoms with Crippen LogP contribution in [0.25, 0.3) is 0 Å². The van der Waals surface area contributed by atoms with Crippen LogP contribution in [0.4, 0.5) is 10.5 Å². The molecule has 0 aliphatic rings. The molecule has 0 bridgehead atoms. The summed E-state index contributed by atoms with van der Waals surface area (Å²) in [5.74, 6) is 0. The van der Waals surface area contributed by atoms with Crippen LogP contribution in [0, 0.1) is 13.8 Å². The zero-order chi connectivity index (χ0) is 26.6. The number of carbonyl (C=O) groups is 1. The lowest BCUT2D eigenvalue weighted by Crippen LogP contribution is -2.35. The molecule has 2 rings (SSSR count). The zero-order valence-corrected chi connectivity index (χ0v) is 24.2. The van der Waals surface area contributed by atoms with Crippen molar-refractivity contribution >= 4 is 11.7 Å². The quantitative estimate of drug-likeness (QED) is 0.178. The Hall–Kier alpha value is -2.29. The van der Waals surface area contributed by atoms with Gasteiger partial charge in [0, 0.05) is 18.8 Å². The fourth-order valence-corrected chi connectivity index (χ4v) is 5.06. The molecule has 3 nitrogen and oxygen atoms in total. The number of carbonyl (C=O) groups excluding carboxylic acids is 1. The lowest BCUT2D eigenvalue weighted by molar-refractivity contribution is 0.207. The molecule has 2 amide bonds. The first-order valence-corrected chi connectivity index (χ1v) is 15.3. The van der Waals surface area contributed by atoms with E-state index in [2.05, 4.69) is 50.4 Å². The molecule has 0 unspecified atom stereocenters. The van der Waals surface area contributed by atoms with E-state index in [1.807, 2.05) is 29.2 Å². The minimum atomic E-state index is -0.00299. The summed E-state index contributed by atoms with van der Waals surface area (Å²) in [7, 11) is 0. The van der Waals surface area contributed by atoms with Gasteiger partial charge < -0.3 is 10.2 Å². The minimum absolute atomic E-state index is 0.00299. The lowest BCUT2D eigenvalue weighted by atomic mass is 10.0. The van der Waals surface area contributed by atoms with Crippen LogP contribution < -0.4 is 5.32 Å². The van der Waals surface area contributed by atoms with Crippen LogP contribution in [0.15, 0.2) is 48.5 Å². The Kier molecular flexibility index (Phi) is 16.5. The molecule has 0 spiro atoms. The molecule has 0 radical (unpaired) electrons. The number of amides is 2. The van der Waals surface area contributed by atoms with Gasteiger partial charge in [-0.15, -0.1) is 0 Å². The maximum absolute atomic E-state index is 13.2. The van der Waals surface area contributed by atoms with Gasteiger partial charge in [-0.1, -0.05) is 151 Å². The van der Waals surface area contributed by atoms with Gasteiger partial charge in [0.15, 0.2) is 0 Å². The van der Waals surface area contributed by atoms with Gasteiger partial charge >= 0.3 is 6.03 Å². The van der Waals surface area contributed by atoms with Crippen molar-refractivity contribution in [2.45, 2.75) is 130 Å². The van der Waals surface area contributed by atoms with Crippen LogP contribution >= 0.6 is 0 Å². The molecule has 2 aromatic rings. The molecule has 0 atom stereocenters. The number of anilines is 1. The first-order chi connectivity index (χ1) is 18.1. The number of unbranched alkanes of at least 4 members (excludes halogenated alkanes) is 15. The summed E-state index contributed by atoms with van der Waals surface area (Å²) in [6.45, 7) is 7.87. The molecule has 0 saturated carbocycles. The molecule has 206 valence electrons. The number of nitrogens with one attached hydrogen (secondary N) is 1. The summed E-state index contributed by atoms with van der Waals surface area (Å²) in [5, 5.41) is 3.15. The summed E-state index contributed by atoms with van der Waals surface area (Å²) in [6.07, 6.45) is 21.8. The van der Waals surface area contributed by atoms with E-state index < -0.39 is 0 Å². The highest BCUT2D eigenvalue weighted by molar-refractivity contribution is 5.90. The van der Waals surface area contributed by atoms with E-state index in [0.717, 1.165) is 24.2 Å². The van der Waals surface area contributed by atoms with Gasteiger partial charge in [-0.05, 0) is 37.5 Å². The molecule has 2 aromatic carbocycles. The highest BCUT2D eigenvalue weighted by atomic mass is 16.2. The number of urea groups is 1. The number of hydrogen-bond acceptors (Lipinski definition) is 1. The standard InChI is InChI=1S/C34H54N2O/c1-4-5-6-7-8-9-10-11-12-13-14-15-16-17-18-22-27-36(29-32-23-20-19-21-24-32)34(37)35-33-26-25-30(2)28-31(33)3/h19-21,23-26,28H,4-18,22,27,29H2,1-3H3,(H,35,37). The van der Waals surface area contributed by atoms with Gasteiger partial charge in [-0.25, -0.2) is 4.79 Å². The molecule has 0 fully saturated rings. The van der Waals surface area contributed by atoms with Gasteiger partial charge in [-0.2, -0.15) is 0 Å². The van der Waals surface area contributed by atoms with Gasteiger partial charge in [0.2, 0.25) is 0 Å². The largest absolute Gasteiger partial charge is 0.322 e. The Morgan fingerprint density at radius 1 is 0.676 bits per heavy atom. The maximum atomic E-state index is 13.2. The topological polar surface area (TPSA) is 32.3 Å². The average molecular weight is 507 g/mol. The van der Waals surface area contributed by atoms with E-state index in [4.69, 9.17) is 0 Å². The predicted octanol–water partition coefficient (Wildman–Crippen LogP) is 10.6. The summed E-state index contributed by atoms with van der Waals surface area (Å²) >= 11 is 0. The molecule has 0 aromatic heterocycles. The Bertz CT molecular complexity index is 848.